The molecule has 2 amide bonds. The number of ether oxygens (including phenoxy) is 1. The summed E-state index contributed by atoms with van der Waals surface area (Å²) in [4.78, 5) is 39.3. The zero-order chi connectivity index (χ0) is 24.2. The van der Waals surface area contributed by atoms with E-state index in [0.29, 0.717) is 19.4 Å². The molecule has 7 nitrogen and oxygen atoms in total. The summed E-state index contributed by atoms with van der Waals surface area (Å²) >= 11 is 0. The van der Waals surface area contributed by atoms with Crippen LogP contribution in [0.25, 0.3) is 11.1 Å². The molecule has 0 spiro atoms. The number of nitrogens with one attached hydrogen (secondary N) is 1. The quantitative estimate of drug-likeness (QED) is 0.633. The van der Waals surface area contributed by atoms with E-state index in [0.717, 1.165) is 35.1 Å². The first-order valence-electron chi connectivity index (χ1n) is 12.1. The summed E-state index contributed by atoms with van der Waals surface area (Å²) in [5, 5.41) is 12.3. The van der Waals surface area contributed by atoms with E-state index < -0.39 is 24.1 Å². The van der Waals surface area contributed by atoms with Gasteiger partial charge in [-0.3, -0.25) is 4.79 Å². The second-order valence-electron chi connectivity index (χ2n) is 9.21. The average Bonchev–Trinajstić information content (AvgIpc) is 3.18. The third kappa shape index (κ3) is 4.65. The van der Waals surface area contributed by atoms with Crippen molar-refractivity contribution in [3.63, 3.8) is 0 Å². The van der Waals surface area contributed by atoms with Crippen molar-refractivity contribution in [2.75, 3.05) is 13.2 Å². The van der Waals surface area contributed by atoms with Gasteiger partial charge in [0.15, 0.2) is 0 Å². The molecule has 4 rings (SSSR count). The number of rotatable bonds is 7. The van der Waals surface area contributed by atoms with Gasteiger partial charge in [-0.1, -0.05) is 68.8 Å². The third-order valence-electron chi connectivity index (χ3n) is 7.17. The molecule has 3 atom stereocenters. The molecular weight excluding hydrogens is 432 g/mol. The summed E-state index contributed by atoms with van der Waals surface area (Å²) < 4.78 is 5.64. The van der Waals surface area contributed by atoms with Crippen LogP contribution < -0.4 is 5.32 Å². The van der Waals surface area contributed by atoms with Crippen LogP contribution in [0.4, 0.5) is 4.79 Å². The van der Waals surface area contributed by atoms with Crippen LogP contribution in [-0.4, -0.2) is 53.2 Å². The predicted octanol–water partition coefficient (Wildman–Crippen LogP) is 4.41. The van der Waals surface area contributed by atoms with Crippen LogP contribution in [0.5, 0.6) is 0 Å². The van der Waals surface area contributed by atoms with Crippen LogP contribution in [0.3, 0.4) is 0 Å². The molecule has 2 aromatic carbocycles. The van der Waals surface area contributed by atoms with Gasteiger partial charge >= 0.3 is 12.1 Å². The van der Waals surface area contributed by atoms with Gasteiger partial charge < -0.3 is 20.1 Å². The number of carboxylic acid groups (broad SMARTS) is 1. The topological polar surface area (TPSA) is 95.9 Å². The summed E-state index contributed by atoms with van der Waals surface area (Å²) in [6.07, 6.45) is 1.96. The van der Waals surface area contributed by atoms with Gasteiger partial charge in [0, 0.05) is 12.5 Å². The van der Waals surface area contributed by atoms with Gasteiger partial charge in [-0.25, -0.2) is 9.59 Å². The number of hydrogen-bond donors (Lipinski definition) is 2. The number of carboxylic acids is 1. The predicted molar refractivity (Wildman–Crippen MR) is 128 cm³/mol. The Morgan fingerprint density at radius 1 is 1.06 bits per heavy atom. The lowest BCUT2D eigenvalue weighted by atomic mass is 9.95. The molecule has 1 heterocycles. The van der Waals surface area contributed by atoms with E-state index >= 15 is 0 Å². The highest BCUT2D eigenvalue weighted by Crippen LogP contribution is 2.44. The van der Waals surface area contributed by atoms with E-state index in [-0.39, 0.29) is 24.3 Å². The van der Waals surface area contributed by atoms with E-state index in [2.05, 4.69) is 29.6 Å². The summed E-state index contributed by atoms with van der Waals surface area (Å²) in [6, 6.07) is 14.5. The number of alkyl carbamates (subject to hydrolysis) is 1. The van der Waals surface area contributed by atoms with Crippen molar-refractivity contribution in [3.05, 3.63) is 59.7 Å². The van der Waals surface area contributed by atoms with Crippen LogP contribution in [-0.2, 0) is 14.3 Å². The summed E-state index contributed by atoms with van der Waals surface area (Å²) in [5.41, 5.74) is 4.52. The first-order chi connectivity index (χ1) is 16.4. The van der Waals surface area contributed by atoms with Crippen LogP contribution >= 0.6 is 0 Å². The van der Waals surface area contributed by atoms with Crippen molar-refractivity contribution in [1.82, 2.24) is 10.2 Å². The summed E-state index contributed by atoms with van der Waals surface area (Å²) in [7, 11) is 0. The van der Waals surface area contributed by atoms with Crippen molar-refractivity contribution in [1.29, 1.82) is 0 Å². The average molecular weight is 465 g/mol. The monoisotopic (exact) mass is 464 g/mol. The Hall–Kier alpha value is -3.35. The van der Waals surface area contributed by atoms with E-state index in [9.17, 15) is 19.5 Å². The van der Waals surface area contributed by atoms with Gasteiger partial charge in [-0.05, 0) is 47.4 Å². The maximum absolute atomic E-state index is 13.3. The lowest BCUT2D eigenvalue weighted by Crippen LogP contribution is -2.57. The maximum atomic E-state index is 13.3. The molecule has 0 aromatic heterocycles. The van der Waals surface area contributed by atoms with Gasteiger partial charge in [0.1, 0.15) is 18.7 Å². The van der Waals surface area contributed by atoms with Crippen LogP contribution in [0, 0.1) is 5.92 Å². The molecule has 2 N–H and O–H groups in total. The Kier molecular flexibility index (Phi) is 7.20. The second-order valence-corrected chi connectivity index (χ2v) is 9.21. The van der Waals surface area contributed by atoms with Gasteiger partial charge in [0.25, 0.3) is 0 Å². The number of carbonyl (C=O) groups excluding carboxylic acids is 2. The number of benzene rings is 2. The first kappa shape index (κ1) is 23.8. The van der Waals surface area contributed by atoms with Crippen molar-refractivity contribution in [3.8, 4) is 11.1 Å². The van der Waals surface area contributed by atoms with Crippen LogP contribution in [0.2, 0.25) is 0 Å². The zero-order valence-electron chi connectivity index (χ0n) is 19.7. The number of aliphatic carboxylic acids is 1. The lowest BCUT2D eigenvalue weighted by molar-refractivity contribution is -0.153. The Morgan fingerprint density at radius 2 is 1.68 bits per heavy atom. The standard InChI is InChI=1S/C27H32N2O5/c1-3-17(2)24(25(30)29-15-9-8-14-23(29)26(31)32)28-27(33)34-16-22-20-12-6-4-10-18(20)19-11-5-7-13-21(19)22/h4-7,10-13,17,22-24H,3,8-9,14-16H2,1-2H3,(H,28,33)(H,31,32)/t17?,23-,24+/m1/s1. The Bertz CT molecular complexity index is 1020. The highest BCUT2D eigenvalue weighted by molar-refractivity contribution is 5.89. The van der Waals surface area contributed by atoms with Crippen LogP contribution in [0.1, 0.15) is 56.6 Å². The molecule has 0 radical (unpaired) electrons. The molecule has 7 heteroatoms. The highest BCUT2D eigenvalue weighted by Gasteiger charge is 2.38. The number of fused-ring (bicyclic) bond motifs is 3. The number of likely N-dealkylation sites (tertiary alicyclic amines) is 1. The minimum absolute atomic E-state index is 0.0746. The molecule has 1 aliphatic carbocycles. The fourth-order valence-electron chi connectivity index (χ4n) is 5.08. The van der Waals surface area contributed by atoms with Gasteiger partial charge in [0.05, 0.1) is 0 Å². The highest BCUT2D eigenvalue weighted by atomic mass is 16.5. The normalized spacial score (nSPS) is 19.0. The molecule has 34 heavy (non-hydrogen) atoms. The Labute approximate surface area is 200 Å². The van der Waals surface area contributed by atoms with Gasteiger partial charge in [-0.15, -0.1) is 0 Å². The van der Waals surface area contributed by atoms with Crippen molar-refractivity contribution in [2.45, 2.75) is 57.5 Å². The molecule has 1 fully saturated rings. The molecular formula is C27H32N2O5. The van der Waals surface area contributed by atoms with Crippen molar-refractivity contribution in [2.24, 2.45) is 5.92 Å². The number of nitrogens with zero attached hydrogens (tertiary/aromatic N) is 1. The number of amides is 2. The number of hydrogen-bond acceptors (Lipinski definition) is 4. The van der Waals surface area contributed by atoms with E-state index in [1.165, 1.54) is 4.90 Å². The fraction of sp³-hybridized carbons (Fsp3) is 0.444. The molecule has 1 aliphatic heterocycles. The molecule has 1 unspecified atom stereocenters. The molecule has 2 aromatic rings. The van der Waals surface area contributed by atoms with E-state index in [1.54, 1.807) is 0 Å². The second kappa shape index (κ2) is 10.3. The van der Waals surface area contributed by atoms with Gasteiger partial charge in [0.2, 0.25) is 5.91 Å². The number of carbonyl (C=O) groups is 3. The summed E-state index contributed by atoms with van der Waals surface area (Å²) in [5.74, 6) is -1.59. The SMILES string of the molecule is CCC(C)[C@H](NC(=O)OCC1c2ccccc2-c2ccccc21)C(=O)N1CCCC[C@@H]1C(=O)O. The first-order valence-corrected chi connectivity index (χ1v) is 12.1. The van der Waals surface area contributed by atoms with E-state index in [1.807, 2.05) is 38.1 Å². The lowest BCUT2D eigenvalue weighted by Gasteiger charge is -2.36. The molecule has 0 saturated carbocycles. The third-order valence-corrected chi connectivity index (χ3v) is 7.17. The fourth-order valence-corrected chi connectivity index (χ4v) is 5.08. The Morgan fingerprint density at radius 3 is 2.26 bits per heavy atom. The Balaban J connectivity index is 1.46. The van der Waals surface area contributed by atoms with Crippen LogP contribution in [0.15, 0.2) is 48.5 Å². The number of piperidine rings is 1. The smallest absolute Gasteiger partial charge is 0.407 e. The molecule has 2 aliphatic rings. The molecule has 1 saturated heterocycles. The zero-order valence-corrected chi connectivity index (χ0v) is 19.7. The largest absolute Gasteiger partial charge is 0.480 e. The van der Waals surface area contributed by atoms with Crippen molar-refractivity contribution >= 4 is 18.0 Å². The van der Waals surface area contributed by atoms with E-state index in [4.69, 9.17) is 4.74 Å². The summed E-state index contributed by atoms with van der Waals surface area (Å²) in [6.45, 7) is 4.36. The molecule has 180 valence electrons. The minimum Gasteiger partial charge on any atom is -0.480 e. The minimum atomic E-state index is -1.00. The molecule has 0 bridgehead atoms. The van der Waals surface area contributed by atoms with Gasteiger partial charge in [-0.2, -0.15) is 0 Å². The maximum Gasteiger partial charge on any atom is 0.407 e. The van der Waals surface area contributed by atoms with Crippen molar-refractivity contribution < 1.29 is 24.2 Å².